The van der Waals surface area contributed by atoms with Gasteiger partial charge in [0.1, 0.15) is 0 Å². The van der Waals surface area contributed by atoms with Crippen molar-refractivity contribution in [3.05, 3.63) is 54.6 Å². The average Bonchev–Trinajstić information content (AvgIpc) is 2.69. The van der Waals surface area contributed by atoms with Crippen molar-refractivity contribution in [2.75, 3.05) is 0 Å². The summed E-state index contributed by atoms with van der Waals surface area (Å²) in [6.07, 6.45) is 1.10. The van der Waals surface area contributed by atoms with E-state index in [9.17, 15) is 0 Å². The maximum Gasteiger partial charge on any atom is 0.0843 e. The smallest absolute Gasteiger partial charge is 0.0843 e. The minimum atomic E-state index is 0.907. The first kappa shape index (κ1) is 14.3. The highest BCUT2D eigenvalue weighted by Gasteiger charge is 2.03. The summed E-state index contributed by atoms with van der Waals surface area (Å²) in [5.41, 5.74) is 2.73. The Kier molecular flexibility index (Phi) is 5.42. The Morgan fingerprint density at radius 3 is 2.28 bits per heavy atom. The Morgan fingerprint density at radius 1 is 1.06 bits per heavy atom. The zero-order chi connectivity index (χ0) is 13.0. The van der Waals surface area contributed by atoms with Gasteiger partial charge < -0.3 is 5.32 Å². The molecule has 0 fully saturated rings. The maximum absolute atomic E-state index is 3.51. The van der Waals surface area contributed by atoms with Crippen LogP contribution in [0.1, 0.15) is 22.9 Å². The summed E-state index contributed by atoms with van der Waals surface area (Å²) in [4.78, 5) is 1.33. The van der Waals surface area contributed by atoms with Crippen LogP contribution in [-0.4, -0.2) is 0 Å². The molecular weight excluding hydrogens is 374 g/mol. The zero-order valence-electron chi connectivity index (χ0n) is 10.2. The third-order valence-corrected chi connectivity index (χ3v) is 6.01. The summed E-state index contributed by atoms with van der Waals surface area (Å²) < 4.78 is 2.29. The van der Waals surface area contributed by atoms with Gasteiger partial charge in [-0.1, -0.05) is 31.2 Å². The quantitative estimate of drug-likeness (QED) is 0.748. The second-order valence-electron chi connectivity index (χ2n) is 4.11. The molecule has 0 aliphatic rings. The molecule has 0 aliphatic heterocycles. The Morgan fingerprint density at radius 2 is 1.72 bits per heavy atom. The number of halogens is 2. The predicted molar refractivity (Wildman–Crippen MR) is 86.1 cm³/mol. The van der Waals surface area contributed by atoms with Gasteiger partial charge in [0.2, 0.25) is 0 Å². The highest BCUT2D eigenvalue weighted by atomic mass is 79.9. The fourth-order valence-electron chi connectivity index (χ4n) is 1.70. The fourth-order valence-corrected chi connectivity index (χ4v) is 3.85. The van der Waals surface area contributed by atoms with Crippen LogP contribution in [0.5, 0.6) is 0 Å². The van der Waals surface area contributed by atoms with E-state index in [4.69, 9.17) is 0 Å². The van der Waals surface area contributed by atoms with Crippen molar-refractivity contribution in [2.45, 2.75) is 26.4 Å². The molecule has 0 amide bonds. The molecule has 2 aromatic rings. The lowest BCUT2D eigenvalue weighted by Gasteiger charge is -2.04. The van der Waals surface area contributed by atoms with E-state index in [1.807, 2.05) is 0 Å². The fraction of sp³-hybridized carbons (Fsp3) is 0.286. The van der Waals surface area contributed by atoms with Gasteiger partial charge in [-0.15, -0.1) is 11.3 Å². The zero-order valence-corrected chi connectivity index (χ0v) is 14.2. The lowest BCUT2D eigenvalue weighted by molar-refractivity contribution is 0.700. The largest absolute Gasteiger partial charge is 0.308 e. The van der Waals surface area contributed by atoms with Gasteiger partial charge in [0.25, 0.3) is 0 Å². The van der Waals surface area contributed by atoms with Crippen molar-refractivity contribution in [1.82, 2.24) is 5.32 Å². The Labute approximate surface area is 129 Å². The summed E-state index contributed by atoms with van der Waals surface area (Å²) in [5, 5.41) is 3.46. The van der Waals surface area contributed by atoms with E-state index in [1.54, 1.807) is 11.3 Å². The van der Waals surface area contributed by atoms with Gasteiger partial charge in [0.15, 0.2) is 0 Å². The first-order chi connectivity index (χ1) is 8.69. The summed E-state index contributed by atoms with van der Waals surface area (Å²) in [6.45, 7) is 4.00. The van der Waals surface area contributed by atoms with Crippen LogP contribution in [0.3, 0.4) is 0 Å². The van der Waals surface area contributed by atoms with Crippen LogP contribution in [-0.2, 0) is 19.5 Å². The molecule has 4 heteroatoms. The molecule has 0 bridgehead atoms. The molecule has 0 spiro atoms. The molecule has 1 N–H and O–H groups in total. The van der Waals surface area contributed by atoms with Gasteiger partial charge in [-0.3, -0.25) is 0 Å². The number of hydrogen-bond acceptors (Lipinski definition) is 2. The van der Waals surface area contributed by atoms with E-state index in [2.05, 4.69) is 74.4 Å². The number of hydrogen-bond donors (Lipinski definition) is 1. The Balaban J connectivity index is 1.84. The maximum atomic E-state index is 3.51. The van der Waals surface area contributed by atoms with Gasteiger partial charge >= 0.3 is 0 Å². The molecule has 18 heavy (non-hydrogen) atoms. The van der Waals surface area contributed by atoms with Crippen LogP contribution in [0.2, 0.25) is 0 Å². The summed E-state index contributed by atoms with van der Waals surface area (Å²) in [5.74, 6) is 0. The molecule has 0 aliphatic carbocycles. The molecule has 1 heterocycles. The van der Waals surface area contributed by atoms with Crippen LogP contribution in [0.15, 0.2) is 38.6 Å². The van der Waals surface area contributed by atoms with Crippen LogP contribution in [0.4, 0.5) is 0 Å². The number of aryl methyl sites for hydroxylation is 1. The van der Waals surface area contributed by atoms with Gasteiger partial charge in [-0.05, 0) is 55.5 Å². The van der Waals surface area contributed by atoms with Crippen LogP contribution >= 0.6 is 43.2 Å². The highest BCUT2D eigenvalue weighted by Crippen LogP contribution is 2.32. The molecule has 1 aromatic carbocycles. The molecule has 0 atom stereocenters. The van der Waals surface area contributed by atoms with Gasteiger partial charge in [-0.2, -0.15) is 0 Å². The van der Waals surface area contributed by atoms with Crippen LogP contribution < -0.4 is 5.32 Å². The molecule has 1 nitrogen and oxygen atoms in total. The topological polar surface area (TPSA) is 12.0 Å². The van der Waals surface area contributed by atoms with E-state index in [0.717, 1.165) is 27.8 Å². The van der Waals surface area contributed by atoms with E-state index < -0.39 is 0 Å². The predicted octanol–water partition coefficient (Wildman–Crippen LogP) is 5.13. The average molecular weight is 389 g/mol. The first-order valence-corrected chi connectivity index (χ1v) is 8.31. The van der Waals surface area contributed by atoms with Crippen molar-refractivity contribution < 1.29 is 0 Å². The van der Waals surface area contributed by atoms with Crippen molar-refractivity contribution >= 4 is 43.2 Å². The van der Waals surface area contributed by atoms with Gasteiger partial charge in [0, 0.05) is 22.4 Å². The summed E-state index contributed by atoms with van der Waals surface area (Å²) >= 11 is 8.78. The van der Waals surface area contributed by atoms with Crippen molar-refractivity contribution in [3.63, 3.8) is 0 Å². The molecular formula is C14H15Br2NS. The Bertz CT molecular complexity index is 486. The second-order valence-corrected chi connectivity index (χ2v) is 7.42. The number of thiophene rings is 1. The molecule has 2 rings (SSSR count). The summed E-state index contributed by atoms with van der Waals surface area (Å²) in [7, 11) is 0. The lowest BCUT2D eigenvalue weighted by Crippen LogP contribution is -2.11. The molecule has 96 valence electrons. The van der Waals surface area contributed by atoms with E-state index >= 15 is 0 Å². The van der Waals surface area contributed by atoms with Gasteiger partial charge in [-0.25, -0.2) is 0 Å². The number of rotatable bonds is 5. The van der Waals surface area contributed by atoms with E-state index in [1.165, 1.54) is 16.0 Å². The monoisotopic (exact) mass is 387 g/mol. The SMILES string of the molecule is CCc1ccc(CNCc2cc(Br)c(Br)s2)cc1. The number of nitrogens with one attached hydrogen (secondary N) is 1. The summed E-state index contributed by atoms with van der Waals surface area (Å²) in [6, 6.07) is 11.0. The van der Waals surface area contributed by atoms with Crippen molar-refractivity contribution in [2.24, 2.45) is 0 Å². The minimum absolute atomic E-state index is 0.907. The third-order valence-electron chi connectivity index (χ3n) is 2.76. The molecule has 0 saturated heterocycles. The first-order valence-electron chi connectivity index (χ1n) is 5.91. The lowest BCUT2D eigenvalue weighted by atomic mass is 10.1. The molecule has 0 saturated carbocycles. The van der Waals surface area contributed by atoms with Crippen molar-refractivity contribution in [3.8, 4) is 0 Å². The van der Waals surface area contributed by atoms with Crippen LogP contribution in [0.25, 0.3) is 0 Å². The molecule has 1 aromatic heterocycles. The van der Waals surface area contributed by atoms with Crippen molar-refractivity contribution in [1.29, 1.82) is 0 Å². The van der Waals surface area contributed by atoms with Gasteiger partial charge in [0.05, 0.1) is 3.79 Å². The highest BCUT2D eigenvalue weighted by molar-refractivity contribution is 9.13. The van der Waals surface area contributed by atoms with Crippen LogP contribution in [0, 0.1) is 0 Å². The normalized spacial score (nSPS) is 10.8. The second kappa shape index (κ2) is 6.85. The van der Waals surface area contributed by atoms with E-state index in [-0.39, 0.29) is 0 Å². The Hall–Kier alpha value is -0.160. The standard InChI is InChI=1S/C14H15Br2NS/c1-2-10-3-5-11(6-4-10)8-17-9-12-7-13(15)14(16)18-12/h3-7,17H,2,8-9H2,1H3. The molecule has 0 unspecified atom stereocenters. The minimum Gasteiger partial charge on any atom is -0.308 e. The van der Waals surface area contributed by atoms with E-state index in [0.29, 0.717) is 0 Å². The molecule has 0 radical (unpaired) electrons. The third kappa shape index (κ3) is 3.92. The number of benzene rings is 1.